The Morgan fingerprint density at radius 1 is 1.00 bits per heavy atom. The average Bonchev–Trinajstić information content (AvgIpc) is 2.71. The zero-order valence-electron chi connectivity index (χ0n) is 9.89. The van der Waals surface area contributed by atoms with Gasteiger partial charge in [0.15, 0.2) is 0 Å². The molecule has 1 N–H and O–H groups in total. The van der Waals surface area contributed by atoms with Crippen LogP contribution in [0.5, 0.6) is 0 Å². The van der Waals surface area contributed by atoms with Gasteiger partial charge in [0.2, 0.25) is 0 Å². The summed E-state index contributed by atoms with van der Waals surface area (Å²) in [6, 6.07) is 8.47. The summed E-state index contributed by atoms with van der Waals surface area (Å²) in [7, 11) is 0. The summed E-state index contributed by atoms with van der Waals surface area (Å²) in [6.07, 6.45) is 1.96. The molecule has 0 aliphatic rings. The molecule has 1 aromatic carbocycles. The normalized spacial score (nSPS) is 8.36. The number of aryl methyl sites for hydroxylation is 1. The molecule has 0 amide bonds. The lowest BCUT2D eigenvalue weighted by atomic mass is 10.2. The minimum atomic E-state index is 0. The van der Waals surface area contributed by atoms with Crippen LogP contribution < -0.4 is 0 Å². The molecule has 2 rings (SSSR count). The number of fused-ring (bicyclic) bond motifs is 1. The van der Waals surface area contributed by atoms with Gasteiger partial charge in [-0.1, -0.05) is 39.3 Å². The lowest BCUT2D eigenvalue weighted by Gasteiger charge is -1.90. The summed E-state index contributed by atoms with van der Waals surface area (Å²) in [5.74, 6) is 0. The van der Waals surface area contributed by atoms with Crippen molar-refractivity contribution in [2.75, 3.05) is 0 Å². The number of hydrogen-bond donors (Lipinski definition) is 1. The first-order valence-corrected chi connectivity index (χ1v) is 5.40. The maximum absolute atomic E-state index is 3.15. The smallest absolute Gasteiger partial charge is 0.0454 e. The van der Waals surface area contributed by atoms with Crippen LogP contribution >= 0.6 is 0 Å². The van der Waals surface area contributed by atoms with Crippen LogP contribution in [0.1, 0.15) is 34.7 Å². The molecule has 0 aliphatic carbocycles. The highest BCUT2D eigenvalue weighted by Crippen LogP contribution is 2.12. The summed E-state index contributed by atoms with van der Waals surface area (Å²) in [5.41, 5.74) is 2.53. The van der Waals surface area contributed by atoms with Crippen LogP contribution in [0, 0.1) is 6.92 Å². The Kier molecular flexibility index (Phi) is 6.55. The Bertz CT molecular complexity index is 352. The highest BCUT2D eigenvalue weighted by molar-refractivity contribution is 5.79. The van der Waals surface area contributed by atoms with Crippen LogP contribution in [-0.2, 0) is 0 Å². The minimum absolute atomic E-state index is 0. The molecule has 1 aromatic heterocycles. The lowest BCUT2D eigenvalue weighted by molar-refractivity contribution is 1.46. The quantitative estimate of drug-likeness (QED) is 0.620. The molecular formula is C13H23N. The first-order chi connectivity index (χ1) is 6.86. The highest BCUT2D eigenvalue weighted by Gasteiger charge is 1.90. The zero-order chi connectivity index (χ0) is 11.0. The Balaban J connectivity index is 0. The van der Waals surface area contributed by atoms with Gasteiger partial charge in [0.1, 0.15) is 0 Å². The summed E-state index contributed by atoms with van der Waals surface area (Å²) < 4.78 is 0. The van der Waals surface area contributed by atoms with Gasteiger partial charge in [-0.25, -0.2) is 0 Å². The molecule has 14 heavy (non-hydrogen) atoms. The predicted octanol–water partition coefficient (Wildman–Crippen LogP) is 4.77. The fourth-order valence-electron chi connectivity index (χ4n) is 1.17. The number of nitrogens with one attached hydrogen (secondary N) is 1. The molecule has 0 unspecified atom stereocenters. The van der Waals surface area contributed by atoms with Crippen LogP contribution in [0.2, 0.25) is 0 Å². The maximum atomic E-state index is 3.15. The molecule has 1 heteroatoms. The summed E-state index contributed by atoms with van der Waals surface area (Å²) in [4.78, 5) is 3.15. The number of rotatable bonds is 0. The van der Waals surface area contributed by atoms with E-state index in [1.54, 1.807) is 0 Å². The van der Waals surface area contributed by atoms with Crippen LogP contribution in [0.25, 0.3) is 10.9 Å². The van der Waals surface area contributed by atoms with Crippen molar-refractivity contribution < 1.29 is 1.43 Å². The van der Waals surface area contributed by atoms with Crippen molar-refractivity contribution in [2.45, 2.75) is 34.6 Å². The molecule has 0 saturated heterocycles. The molecule has 1 heterocycles. The fraction of sp³-hybridized carbons (Fsp3) is 0.385. The van der Waals surface area contributed by atoms with E-state index >= 15 is 0 Å². The van der Waals surface area contributed by atoms with Crippen molar-refractivity contribution in [3.63, 3.8) is 0 Å². The zero-order valence-corrected chi connectivity index (χ0v) is 9.89. The van der Waals surface area contributed by atoms with E-state index in [-0.39, 0.29) is 1.43 Å². The first-order valence-electron chi connectivity index (χ1n) is 5.40. The van der Waals surface area contributed by atoms with Crippen LogP contribution in [0.15, 0.2) is 30.5 Å². The van der Waals surface area contributed by atoms with E-state index in [4.69, 9.17) is 0 Å². The van der Waals surface area contributed by atoms with Crippen LogP contribution in [0.4, 0.5) is 0 Å². The monoisotopic (exact) mass is 193 g/mol. The Morgan fingerprint density at radius 3 is 2.29 bits per heavy atom. The SMILES string of the molecule is CC.CC.Cc1ccc2[nH]ccc2c1.[HH]. The van der Waals surface area contributed by atoms with E-state index in [9.17, 15) is 0 Å². The molecule has 0 saturated carbocycles. The minimum Gasteiger partial charge on any atom is -0.361 e. The van der Waals surface area contributed by atoms with E-state index in [2.05, 4.69) is 36.2 Å². The third kappa shape index (κ3) is 3.25. The van der Waals surface area contributed by atoms with Crippen molar-refractivity contribution in [1.29, 1.82) is 0 Å². The molecule has 0 spiro atoms. The van der Waals surface area contributed by atoms with Gasteiger partial charge in [-0.15, -0.1) is 0 Å². The van der Waals surface area contributed by atoms with Gasteiger partial charge in [0.05, 0.1) is 0 Å². The standard InChI is InChI=1S/C9H9N.2C2H6.H2/c1-7-2-3-9-8(6-7)4-5-10-9;2*1-2;/h2-6,10H,1H3;2*1-2H3;1H. The number of hydrogen-bond acceptors (Lipinski definition) is 0. The van der Waals surface area contributed by atoms with Gasteiger partial charge in [-0.2, -0.15) is 0 Å². The largest absolute Gasteiger partial charge is 0.361 e. The van der Waals surface area contributed by atoms with Gasteiger partial charge in [-0.3, -0.25) is 0 Å². The fourth-order valence-corrected chi connectivity index (χ4v) is 1.17. The predicted molar refractivity (Wildman–Crippen MR) is 67.8 cm³/mol. The number of aromatic nitrogens is 1. The third-order valence-electron chi connectivity index (χ3n) is 1.71. The number of H-pyrrole nitrogens is 1. The molecule has 2 aromatic rings. The van der Waals surface area contributed by atoms with Gasteiger partial charge < -0.3 is 4.98 Å². The van der Waals surface area contributed by atoms with Gasteiger partial charge >= 0.3 is 0 Å². The molecule has 0 bridgehead atoms. The van der Waals surface area contributed by atoms with E-state index in [1.807, 2.05) is 33.9 Å². The molecule has 0 atom stereocenters. The van der Waals surface area contributed by atoms with Gasteiger partial charge in [0.25, 0.3) is 0 Å². The van der Waals surface area contributed by atoms with E-state index < -0.39 is 0 Å². The van der Waals surface area contributed by atoms with Crippen molar-refractivity contribution in [1.82, 2.24) is 4.98 Å². The lowest BCUT2D eigenvalue weighted by Crippen LogP contribution is -1.69. The molecule has 0 fully saturated rings. The molecule has 1 nitrogen and oxygen atoms in total. The van der Waals surface area contributed by atoms with Crippen molar-refractivity contribution >= 4 is 10.9 Å². The Morgan fingerprint density at radius 2 is 1.64 bits per heavy atom. The average molecular weight is 193 g/mol. The summed E-state index contributed by atoms with van der Waals surface area (Å²) in [5, 5.41) is 1.29. The van der Waals surface area contributed by atoms with Crippen LogP contribution in [-0.4, -0.2) is 4.98 Å². The topological polar surface area (TPSA) is 15.8 Å². The van der Waals surface area contributed by atoms with E-state index in [1.165, 1.54) is 16.5 Å². The number of aromatic amines is 1. The van der Waals surface area contributed by atoms with E-state index in [0.29, 0.717) is 0 Å². The molecule has 80 valence electrons. The molecule has 0 aliphatic heterocycles. The second-order valence-electron chi connectivity index (χ2n) is 2.57. The summed E-state index contributed by atoms with van der Waals surface area (Å²) >= 11 is 0. The van der Waals surface area contributed by atoms with E-state index in [0.717, 1.165) is 0 Å². The summed E-state index contributed by atoms with van der Waals surface area (Å²) in [6.45, 7) is 10.1. The first kappa shape index (κ1) is 12.8. The van der Waals surface area contributed by atoms with Gasteiger partial charge in [-0.05, 0) is 30.5 Å². The second-order valence-corrected chi connectivity index (χ2v) is 2.57. The van der Waals surface area contributed by atoms with Crippen molar-refractivity contribution in [3.05, 3.63) is 36.0 Å². The second kappa shape index (κ2) is 7.19. The highest BCUT2D eigenvalue weighted by atomic mass is 14.7. The molecular weight excluding hydrogens is 170 g/mol. The van der Waals surface area contributed by atoms with Crippen molar-refractivity contribution in [3.8, 4) is 0 Å². The number of benzene rings is 1. The third-order valence-corrected chi connectivity index (χ3v) is 1.71. The maximum Gasteiger partial charge on any atom is 0.0454 e. The molecule has 0 radical (unpaired) electrons. The van der Waals surface area contributed by atoms with Gasteiger partial charge in [0, 0.05) is 13.1 Å². The van der Waals surface area contributed by atoms with Crippen molar-refractivity contribution in [2.24, 2.45) is 0 Å². The van der Waals surface area contributed by atoms with Crippen LogP contribution in [0.3, 0.4) is 0 Å². The Hall–Kier alpha value is -1.24. The Labute approximate surface area is 88.6 Å².